The molecular formula is C21H22F3N5O2S. The maximum Gasteiger partial charge on any atom is 0.511 e. The van der Waals surface area contributed by atoms with Gasteiger partial charge >= 0.3 is 15.5 Å². The number of nitrogens with one attached hydrogen (secondary N) is 1. The summed E-state index contributed by atoms with van der Waals surface area (Å²) in [5.41, 5.74) is -2.44. The highest BCUT2D eigenvalue weighted by molar-refractivity contribution is 7.89. The van der Waals surface area contributed by atoms with Crippen molar-refractivity contribution in [3.63, 3.8) is 0 Å². The van der Waals surface area contributed by atoms with Crippen molar-refractivity contribution in [2.45, 2.75) is 37.5 Å². The Labute approximate surface area is 184 Å². The van der Waals surface area contributed by atoms with Gasteiger partial charge in [-0.1, -0.05) is 24.3 Å². The summed E-state index contributed by atoms with van der Waals surface area (Å²) in [6, 6.07) is 10.2. The number of rotatable bonds is 6. The molecule has 0 bridgehead atoms. The minimum atomic E-state index is -5.49. The quantitative estimate of drug-likeness (QED) is 0.603. The topological polar surface area (TPSA) is 82.2 Å². The Balaban J connectivity index is 1.73. The summed E-state index contributed by atoms with van der Waals surface area (Å²) in [6.07, 6.45) is 7.51. The molecule has 0 radical (unpaired) electrons. The maximum absolute atomic E-state index is 13.4. The van der Waals surface area contributed by atoms with Gasteiger partial charge < -0.3 is 9.88 Å². The number of fused-ring (bicyclic) bond motifs is 1. The second-order valence-corrected chi connectivity index (χ2v) is 9.56. The number of alkyl halides is 3. The molecule has 4 rings (SSSR count). The monoisotopic (exact) mass is 465 g/mol. The summed E-state index contributed by atoms with van der Waals surface area (Å²) in [7, 11) is -5.49. The van der Waals surface area contributed by atoms with Gasteiger partial charge in [0.15, 0.2) is 0 Å². The van der Waals surface area contributed by atoms with Gasteiger partial charge in [0.25, 0.3) is 0 Å². The average Bonchev–Trinajstić information content (AvgIpc) is 3.22. The molecule has 7 nitrogen and oxygen atoms in total. The minimum Gasteiger partial charge on any atom is -0.361 e. The third kappa shape index (κ3) is 4.63. The molecule has 0 saturated heterocycles. The first kappa shape index (κ1) is 22.3. The number of nitrogens with zero attached hydrogens (tertiary/aromatic N) is 4. The zero-order chi connectivity index (χ0) is 22.8. The first-order chi connectivity index (χ1) is 15.3. The largest absolute Gasteiger partial charge is 0.511 e. The lowest BCUT2D eigenvalue weighted by atomic mass is 10.0. The van der Waals surface area contributed by atoms with Crippen molar-refractivity contribution in [1.82, 2.24) is 19.3 Å². The molecule has 3 aromatic rings. The van der Waals surface area contributed by atoms with E-state index in [9.17, 15) is 21.6 Å². The number of hydrogen-bond donors (Lipinski definition) is 1. The van der Waals surface area contributed by atoms with E-state index in [1.54, 1.807) is 42.9 Å². The number of anilines is 1. The van der Waals surface area contributed by atoms with Gasteiger partial charge in [-0.3, -0.25) is 4.98 Å². The van der Waals surface area contributed by atoms with Gasteiger partial charge in [0.2, 0.25) is 0 Å². The Kier molecular flexibility index (Phi) is 6.20. The molecule has 0 fully saturated rings. The van der Waals surface area contributed by atoms with Crippen molar-refractivity contribution >= 4 is 15.7 Å². The molecule has 1 atom stereocenters. The van der Waals surface area contributed by atoms with Crippen LogP contribution < -0.4 is 4.90 Å². The van der Waals surface area contributed by atoms with E-state index >= 15 is 0 Å². The molecule has 0 amide bonds. The number of pyridine rings is 1. The molecule has 0 saturated carbocycles. The van der Waals surface area contributed by atoms with Crippen LogP contribution in [-0.2, 0) is 29.5 Å². The molecule has 11 heteroatoms. The van der Waals surface area contributed by atoms with Gasteiger partial charge in [0.1, 0.15) is 0 Å². The third-order valence-electron chi connectivity index (χ3n) is 5.52. The molecule has 0 unspecified atom stereocenters. The van der Waals surface area contributed by atoms with Crippen LogP contribution in [0.3, 0.4) is 0 Å². The molecule has 0 spiro atoms. The van der Waals surface area contributed by atoms with Crippen LogP contribution in [-0.4, -0.2) is 45.8 Å². The minimum absolute atomic E-state index is 0.287. The van der Waals surface area contributed by atoms with Gasteiger partial charge in [-0.2, -0.15) is 17.5 Å². The van der Waals surface area contributed by atoms with Crippen LogP contribution in [0.2, 0.25) is 0 Å². The van der Waals surface area contributed by atoms with E-state index in [0.717, 1.165) is 11.3 Å². The van der Waals surface area contributed by atoms with Gasteiger partial charge in [-0.15, -0.1) is 0 Å². The van der Waals surface area contributed by atoms with Crippen molar-refractivity contribution in [3.05, 3.63) is 78.1 Å². The average molecular weight is 466 g/mol. The molecule has 170 valence electrons. The second kappa shape index (κ2) is 8.91. The van der Waals surface area contributed by atoms with Gasteiger partial charge in [0, 0.05) is 43.4 Å². The number of hydrogen-bond acceptors (Lipinski definition) is 5. The predicted octanol–water partition coefficient (Wildman–Crippen LogP) is 3.48. The first-order valence-corrected chi connectivity index (χ1v) is 11.5. The van der Waals surface area contributed by atoms with E-state index in [-0.39, 0.29) is 13.1 Å². The number of aryl methyl sites for hydroxylation is 1. The van der Waals surface area contributed by atoms with Gasteiger partial charge in [-0.25, -0.2) is 13.4 Å². The fourth-order valence-corrected chi connectivity index (χ4v) is 4.90. The highest BCUT2D eigenvalue weighted by Gasteiger charge is 2.51. The Morgan fingerprint density at radius 2 is 1.91 bits per heavy atom. The molecule has 1 aliphatic rings. The third-order valence-corrected chi connectivity index (χ3v) is 7.06. The molecule has 1 aromatic carbocycles. The Bertz CT molecular complexity index is 1140. The van der Waals surface area contributed by atoms with Crippen LogP contribution >= 0.6 is 0 Å². The van der Waals surface area contributed by atoms with Crippen molar-refractivity contribution in [3.8, 4) is 0 Å². The summed E-state index contributed by atoms with van der Waals surface area (Å²) < 4.78 is 65.6. The molecule has 1 aliphatic heterocycles. The van der Waals surface area contributed by atoms with E-state index in [2.05, 4.69) is 15.0 Å². The Morgan fingerprint density at radius 1 is 1.09 bits per heavy atom. The van der Waals surface area contributed by atoms with E-state index in [1.165, 1.54) is 6.33 Å². The van der Waals surface area contributed by atoms with Crippen LogP contribution in [0, 0.1) is 0 Å². The number of imidazole rings is 1. The number of aromatic amines is 1. The lowest BCUT2D eigenvalue weighted by Gasteiger charge is -2.34. The predicted molar refractivity (Wildman–Crippen MR) is 113 cm³/mol. The molecular weight excluding hydrogens is 443 g/mol. The summed E-state index contributed by atoms with van der Waals surface area (Å²) >= 11 is 0. The zero-order valence-corrected chi connectivity index (χ0v) is 17.9. The highest BCUT2D eigenvalue weighted by Crippen LogP contribution is 2.35. The highest BCUT2D eigenvalue weighted by atomic mass is 32.2. The van der Waals surface area contributed by atoms with Gasteiger partial charge in [0.05, 0.1) is 18.6 Å². The van der Waals surface area contributed by atoms with Crippen LogP contribution in [0.1, 0.15) is 23.2 Å². The molecule has 2 aromatic heterocycles. The van der Waals surface area contributed by atoms with Crippen molar-refractivity contribution in [2.75, 3.05) is 11.4 Å². The number of aromatic nitrogens is 3. The lowest BCUT2D eigenvalue weighted by molar-refractivity contribution is -0.0492. The molecule has 1 N–H and O–H groups in total. The van der Waals surface area contributed by atoms with Crippen LogP contribution in [0.4, 0.5) is 18.9 Å². The summed E-state index contributed by atoms with van der Waals surface area (Å²) in [6.45, 7) is -0.277. The molecule has 3 heterocycles. The second-order valence-electron chi connectivity index (χ2n) is 7.63. The van der Waals surface area contributed by atoms with Crippen molar-refractivity contribution < 1.29 is 21.6 Å². The standard InChI is InChI=1S/C21H22F3N5O2S/c22-21(23,24)32(30,31)28-12-17-5-1-2-6-20(17)29(13-18-11-26-15-27-18)19(14-28)8-7-16-4-3-9-25-10-16/h1-6,9-11,15,19H,7-8,12-14H2,(H,26,27)/t19-/m1/s1. The normalized spacial score (nSPS) is 17.7. The summed E-state index contributed by atoms with van der Waals surface area (Å²) in [5, 5.41) is 0. The number of sulfonamides is 1. The molecule has 32 heavy (non-hydrogen) atoms. The molecule has 0 aliphatic carbocycles. The van der Waals surface area contributed by atoms with Gasteiger partial charge in [-0.05, 0) is 36.1 Å². The maximum atomic E-state index is 13.4. The summed E-state index contributed by atoms with van der Waals surface area (Å²) in [4.78, 5) is 13.1. The first-order valence-electron chi connectivity index (χ1n) is 10.0. The smallest absolute Gasteiger partial charge is 0.361 e. The summed E-state index contributed by atoms with van der Waals surface area (Å²) in [5.74, 6) is 0. The zero-order valence-electron chi connectivity index (χ0n) is 17.0. The van der Waals surface area contributed by atoms with E-state index in [0.29, 0.717) is 34.9 Å². The van der Waals surface area contributed by atoms with Crippen LogP contribution in [0.15, 0.2) is 61.3 Å². The van der Waals surface area contributed by atoms with Crippen LogP contribution in [0.25, 0.3) is 0 Å². The number of benzene rings is 1. The SMILES string of the molecule is O=S(=O)(N1Cc2ccccc2N(Cc2cnc[nH]2)[C@H](CCc2cccnc2)C1)C(F)(F)F. The lowest BCUT2D eigenvalue weighted by Crippen LogP contribution is -2.47. The van der Waals surface area contributed by atoms with Crippen LogP contribution in [0.5, 0.6) is 0 Å². The number of para-hydroxylation sites is 1. The van der Waals surface area contributed by atoms with Crippen molar-refractivity contribution in [2.24, 2.45) is 0 Å². The van der Waals surface area contributed by atoms with E-state index < -0.39 is 21.6 Å². The number of halogens is 3. The van der Waals surface area contributed by atoms with E-state index in [1.807, 2.05) is 17.0 Å². The Hall–Kier alpha value is -2.92. The van der Waals surface area contributed by atoms with E-state index in [4.69, 9.17) is 0 Å². The fourth-order valence-electron chi connectivity index (χ4n) is 3.93. The fraction of sp³-hybridized carbons (Fsp3) is 0.333. The van der Waals surface area contributed by atoms with Crippen molar-refractivity contribution in [1.29, 1.82) is 0 Å². The number of H-pyrrole nitrogens is 1. The Morgan fingerprint density at radius 3 is 2.59 bits per heavy atom.